The van der Waals surface area contributed by atoms with Gasteiger partial charge >= 0.3 is 5.97 Å². The van der Waals surface area contributed by atoms with Crippen LogP contribution in [0.3, 0.4) is 0 Å². The summed E-state index contributed by atoms with van der Waals surface area (Å²) in [7, 11) is 0. The lowest BCUT2D eigenvalue weighted by atomic mass is 10.2. The number of carbonyl (C=O) groups excluding carboxylic acids is 2. The molecular weight excluding hydrogens is 301 g/mol. The van der Waals surface area contributed by atoms with Crippen molar-refractivity contribution in [1.82, 2.24) is 5.32 Å². The molecular formula is C14H15Cl2NO3. The van der Waals surface area contributed by atoms with Crippen molar-refractivity contribution in [2.75, 3.05) is 13.2 Å². The van der Waals surface area contributed by atoms with E-state index in [2.05, 4.69) is 5.32 Å². The van der Waals surface area contributed by atoms with Crippen LogP contribution in [0.5, 0.6) is 0 Å². The van der Waals surface area contributed by atoms with Crippen molar-refractivity contribution in [3.05, 3.63) is 39.9 Å². The van der Waals surface area contributed by atoms with Crippen LogP contribution in [0.25, 0.3) is 6.08 Å². The van der Waals surface area contributed by atoms with Gasteiger partial charge < -0.3 is 10.1 Å². The molecule has 1 N–H and O–H groups in total. The van der Waals surface area contributed by atoms with E-state index in [0.717, 1.165) is 0 Å². The fourth-order valence-electron chi connectivity index (χ4n) is 1.39. The molecule has 0 aliphatic rings. The maximum absolute atomic E-state index is 11.5. The van der Waals surface area contributed by atoms with Crippen LogP contribution in [0.1, 0.15) is 18.9 Å². The first-order valence-corrected chi connectivity index (χ1v) is 6.85. The quantitative estimate of drug-likeness (QED) is 0.648. The Balaban J connectivity index is 2.44. The summed E-state index contributed by atoms with van der Waals surface area (Å²) in [4.78, 5) is 22.6. The fourth-order valence-corrected chi connectivity index (χ4v) is 1.77. The largest absolute Gasteiger partial charge is 0.466 e. The van der Waals surface area contributed by atoms with Crippen molar-refractivity contribution in [2.45, 2.75) is 13.3 Å². The number of amides is 1. The molecule has 1 aromatic carbocycles. The zero-order valence-corrected chi connectivity index (χ0v) is 12.5. The molecule has 0 saturated carbocycles. The van der Waals surface area contributed by atoms with E-state index < -0.39 is 0 Å². The number of rotatable bonds is 6. The number of benzene rings is 1. The van der Waals surface area contributed by atoms with Gasteiger partial charge in [-0.3, -0.25) is 9.59 Å². The molecule has 20 heavy (non-hydrogen) atoms. The Morgan fingerprint density at radius 3 is 2.80 bits per heavy atom. The molecule has 1 amide bonds. The van der Waals surface area contributed by atoms with Crippen molar-refractivity contribution in [2.24, 2.45) is 0 Å². The number of ether oxygens (including phenoxy) is 1. The molecule has 0 fully saturated rings. The molecule has 0 atom stereocenters. The standard InChI is InChI=1S/C14H15Cl2NO3/c1-2-20-13(19)8-9-17-12(18)7-6-10-4-3-5-11(15)14(10)16/h3-7H,2,8-9H2,1H3,(H,17,18). The highest BCUT2D eigenvalue weighted by Crippen LogP contribution is 2.26. The van der Waals surface area contributed by atoms with Gasteiger partial charge in [0, 0.05) is 12.6 Å². The van der Waals surface area contributed by atoms with Gasteiger partial charge in [0.05, 0.1) is 23.1 Å². The predicted octanol–water partition coefficient (Wildman–Crippen LogP) is 3.08. The number of halogens is 2. The smallest absolute Gasteiger partial charge is 0.307 e. The van der Waals surface area contributed by atoms with Crippen LogP contribution in [0.4, 0.5) is 0 Å². The van der Waals surface area contributed by atoms with Crippen LogP contribution in [0.15, 0.2) is 24.3 Å². The molecule has 0 unspecified atom stereocenters. The summed E-state index contributed by atoms with van der Waals surface area (Å²) >= 11 is 11.8. The van der Waals surface area contributed by atoms with Gasteiger partial charge in [-0.2, -0.15) is 0 Å². The normalized spacial score (nSPS) is 10.6. The molecule has 0 aromatic heterocycles. The maximum atomic E-state index is 11.5. The van der Waals surface area contributed by atoms with E-state index in [1.165, 1.54) is 6.08 Å². The zero-order valence-electron chi connectivity index (χ0n) is 11.0. The second-order valence-electron chi connectivity index (χ2n) is 3.82. The number of hydrogen-bond donors (Lipinski definition) is 1. The van der Waals surface area contributed by atoms with Gasteiger partial charge in [-0.1, -0.05) is 35.3 Å². The highest BCUT2D eigenvalue weighted by molar-refractivity contribution is 6.42. The number of nitrogens with one attached hydrogen (secondary N) is 1. The summed E-state index contributed by atoms with van der Waals surface area (Å²) in [6.07, 6.45) is 3.04. The minimum Gasteiger partial charge on any atom is -0.466 e. The molecule has 0 spiro atoms. The second kappa shape index (κ2) is 8.61. The molecule has 108 valence electrons. The molecule has 4 nitrogen and oxygen atoms in total. The fraction of sp³-hybridized carbons (Fsp3) is 0.286. The van der Waals surface area contributed by atoms with Crippen LogP contribution in [0, 0.1) is 0 Å². The summed E-state index contributed by atoms with van der Waals surface area (Å²) in [5.74, 6) is -0.653. The summed E-state index contributed by atoms with van der Waals surface area (Å²) < 4.78 is 4.74. The van der Waals surface area contributed by atoms with Crippen molar-refractivity contribution in [3.8, 4) is 0 Å². The number of esters is 1. The average molecular weight is 316 g/mol. The number of hydrogen-bond acceptors (Lipinski definition) is 3. The Morgan fingerprint density at radius 1 is 1.35 bits per heavy atom. The lowest BCUT2D eigenvalue weighted by Gasteiger charge is -2.03. The topological polar surface area (TPSA) is 55.4 Å². The average Bonchev–Trinajstić information content (AvgIpc) is 2.41. The molecule has 0 heterocycles. The van der Waals surface area contributed by atoms with E-state index in [1.807, 2.05) is 0 Å². The van der Waals surface area contributed by atoms with Crippen LogP contribution in [-0.4, -0.2) is 25.0 Å². The van der Waals surface area contributed by atoms with Crippen molar-refractivity contribution in [1.29, 1.82) is 0 Å². The van der Waals surface area contributed by atoms with E-state index >= 15 is 0 Å². The first-order chi connectivity index (χ1) is 9.54. The first kappa shape index (κ1) is 16.5. The molecule has 0 saturated heterocycles. The minimum absolute atomic E-state index is 0.144. The van der Waals surface area contributed by atoms with E-state index in [-0.39, 0.29) is 24.8 Å². The molecule has 6 heteroatoms. The monoisotopic (exact) mass is 315 g/mol. The molecule has 1 aromatic rings. The van der Waals surface area contributed by atoms with Crippen molar-refractivity contribution < 1.29 is 14.3 Å². The third-order valence-electron chi connectivity index (χ3n) is 2.33. The minimum atomic E-state index is -0.338. The zero-order chi connectivity index (χ0) is 15.0. The van der Waals surface area contributed by atoms with Gasteiger partial charge in [0.2, 0.25) is 5.91 Å². The highest BCUT2D eigenvalue weighted by atomic mass is 35.5. The second-order valence-corrected chi connectivity index (χ2v) is 4.61. The van der Waals surface area contributed by atoms with Gasteiger partial charge in [-0.25, -0.2) is 0 Å². The molecule has 0 radical (unpaired) electrons. The van der Waals surface area contributed by atoms with Crippen molar-refractivity contribution >= 4 is 41.2 Å². The third kappa shape index (κ3) is 5.63. The van der Waals surface area contributed by atoms with Crippen LogP contribution in [-0.2, 0) is 14.3 Å². The Bertz CT molecular complexity index is 515. The van der Waals surface area contributed by atoms with Crippen LogP contribution < -0.4 is 5.32 Å². The van der Waals surface area contributed by atoms with Crippen molar-refractivity contribution in [3.63, 3.8) is 0 Å². The number of carbonyl (C=O) groups is 2. The summed E-state index contributed by atoms with van der Waals surface area (Å²) in [5.41, 5.74) is 0.653. The van der Waals surface area contributed by atoms with Crippen LogP contribution >= 0.6 is 23.2 Å². The summed E-state index contributed by atoms with van der Waals surface area (Å²) in [5, 5.41) is 3.39. The molecule has 0 bridgehead atoms. The van der Waals surface area contributed by atoms with E-state index in [9.17, 15) is 9.59 Å². The Hall–Kier alpha value is -1.52. The highest BCUT2D eigenvalue weighted by Gasteiger charge is 2.04. The van der Waals surface area contributed by atoms with Crippen LogP contribution in [0.2, 0.25) is 10.0 Å². The van der Waals surface area contributed by atoms with E-state index in [0.29, 0.717) is 22.2 Å². The Morgan fingerprint density at radius 2 is 2.10 bits per heavy atom. The first-order valence-electron chi connectivity index (χ1n) is 6.10. The summed E-state index contributed by atoms with van der Waals surface area (Å²) in [6.45, 7) is 2.29. The van der Waals surface area contributed by atoms with E-state index in [4.69, 9.17) is 27.9 Å². The van der Waals surface area contributed by atoms with E-state index in [1.54, 1.807) is 31.2 Å². The summed E-state index contributed by atoms with van der Waals surface area (Å²) in [6, 6.07) is 5.16. The van der Waals surface area contributed by atoms with Gasteiger partial charge in [0.15, 0.2) is 0 Å². The van der Waals surface area contributed by atoms with Gasteiger partial charge in [-0.15, -0.1) is 0 Å². The molecule has 0 aliphatic carbocycles. The molecule has 0 aliphatic heterocycles. The SMILES string of the molecule is CCOC(=O)CCNC(=O)C=Cc1cccc(Cl)c1Cl. The maximum Gasteiger partial charge on any atom is 0.307 e. The Labute approximate surface area is 127 Å². The lowest BCUT2D eigenvalue weighted by molar-refractivity contribution is -0.142. The van der Waals surface area contributed by atoms with Gasteiger partial charge in [-0.05, 0) is 24.6 Å². The molecule has 1 rings (SSSR count). The van der Waals surface area contributed by atoms with Gasteiger partial charge in [0.1, 0.15) is 0 Å². The lowest BCUT2D eigenvalue weighted by Crippen LogP contribution is -2.24. The van der Waals surface area contributed by atoms with Gasteiger partial charge in [0.25, 0.3) is 0 Å². The predicted molar refractivity (Wildman–Crippen MR) is 79.8 cm³/mol. The third-order valence-corrected chi connectivity index (χ3v) is 3.16. The Kier molecular flexibility index (Phi) is 7.12.